The summed E-state index contributed by atoms with van der Waals surface area (Å²) in [6, 6.07) is 8.77. The zero-order valence-corrected chi connectivity index (χ0v) is 7.72. The summed E-state index contributed by atoms with van der Waals surface area (Å²) in [6.07, 6.45) is 2.29. The Hall–Kier alpha value is -0.860. The van der Waals surface area contributed by atoms with Crippen molar-refractivity contribution in [3.63, 3.8) is 0 Å². The highest BCUT2D eigenvalue weighted by molar-refractivity contribution is 5.23. The standard InChI is InChI=1S/C10H14.2H2O/c1-3-9-6-5-7-10(4-2)8-9;;/h5-8H,3-4H2,1-2H3;2*1H2. The minimum Gasteiger partial charge on any atom is -0.412 e. The molecule has 0 saturated carbocycles. The normalized spacial score (nSPS) is 8.17. The molecule has 0 aliphatic heterocycles. The second-order valence-electron chi connectivity index (χ2n) is 2.53. The van der Waals surface area contributed by atoms with Crippen molar-refractivity contribution in [2.24, 2.45) is 0 Å². The predicted octanol–water partition coefficient (Wildman–Crippen LogP) is 1.16. The van der Waals surface area contributed by atoms with Gasteiger partial charge in [-0.2, -0.15) is 0 Å². The van der Waals surface area contributed by atoms with Crippen LogP contribution in [0.25, 0.3) is 0 Å². The van der Waals surface area contributed by atoms with Gasteiger partial charge in [-0.25, -0.2) is 0 Å². The third-order valence-corrected chi connectivity index (χ3v) is 1.81. The fourth-order valence-corrected chi connectivity index (χ4v) is 1.07. The average Bonchev–Trinajstić information content (AvgIpc) is 2.05. The third kappa shape index (κ3) is 3.51. The number of hydrogen-bond donors (Lipinski definition) is 0. The number of hydrogen-bond acceptors (Lipinski definition) is 0. The van der Waals surface area contributed by atoms with Crippen molar-refractivity contribution in [2.45, 2.75) is 26.7 Å². The molecule has 0 radical (unpaired) electrons. The Balaban J connectivity index is 0. The first-order chi connectivity index (χ1) is 4.86. The Morgan fingerprint density at radius 1 is 0.917 bits per heavy atom. The summed E-state index contributed by atoms with van der Waals surface area (Å²) < 4.78 is 0. The van der Waals surface area contributed by atoms with Gasteiger partial charge < -0.3 is 11.0 Å². The van der Waals surface area contributed by atoms with Crippen LogP contribution in [0.4, 0.5) is 0 Å². The summed E-state index contributed by atoms with van der Waals surface area (Å²) in [5.41, 5.74) is 2.89. The zero-order valence-electron chi connectivity index (χ0n) is 7.72. The van der Waals surface area contributed by atoms with Crippen molar-refractivity contribution < 1.29 is 11.0 Å². The van der Waals surface area contributed by atoms with Crippen LogP contribution in [0, 0.1) is 0 Å². The van der Waals surface area contributed by atoms with Gasteiger partial charge in [0.15, 0.2) is 0 Å². The molecule has 4 N–H and O–H groups in total. The summed E-state index contributed by atoms with van der Waals surface area (Å²) in [6.45, 7) is 4.38. The molecule has 0 aromatic heterocycles. The largest absolute Gasteiger partial charge is 0.412 e. The Labute approximate surface area is 73.9 Å². The van der Waals surface area contributed by atoms with Crippen LogP contribution in [-0.2, 0) is 12.8 Å². The van der Waals surface area contributed by atoms with Crippen molar-refractivity contribution >= 4 is 0 Å². The Bertz CT molecular complexity index is 189. The lowest BCUT2D eigenvalue weighted by Crippen LogP contribution is -1.83. The van der Waals surface area contributed by atoms with E-state index >= 15 is 0 Å². The van der Waals surface area contributed by atoms with Gasteiger partial charge in [0.25, 0.3) is 0 Å². The molecule has 1 rings (SSSR count). The zero-order chi connectivity index (χ0) is 7.40. The summed E-state index contributed by atoms with van der Waals surface area (Å²) >= 11 is 0. The van der Waals surface area contributed by atoms with E-state index < -0.39 is 0 Å². The van der Waals surface area contributed by atoms with Crippen molar-refractivity contribution in [1.82, 2.24) is 0 Å². The van der Waals surface area contributed by atoms with Crippen LogP contribution in [0.5, 0.6) is 0 Å². The van der Waals surface area contributed by atoms with Gasteiger partial charge in [0.2, 0.25) is 0 Å². The summed E-state index contributed by atoms with van der Waals surface area (Å²) in [4.78, 5) is 0. The lowest BCUT2D eigenvalue weighted by atomic mass is 10.1. The second-order valence-corrected chi connectivity index (χ2v) is 2.53. The third-order valence-electron chi connectivity index (χ3n) is 1.81. The monoisotopic (exact) mass is 170 g/mol. The molecule has 0 atom stereocenters. The van der Waals surface area contributed by atoms with E-state index in [1.54, 1.807) is 0 Å². The summed E-state index contributed by atoms with van der Waals surface area (Å²) in [7, 11) is 0. The minimum absolute atomic E-state index is 0. The second kappa shape index (κ2) is 6.83. The maximum atomic E-state index is 2.28. The van der Waals surface area contributed by atoms with E-state index in [4.69, 9.17) is 0 Å². The molecule has 12 heavy (non-hydrogen) atoms. The molecule has 2 heteroatoms. The maximum absolute atomic E-state index is 2.28. The predicted molar refractivity (Wildman–Crippen MR) is 52.4 cm³/mol. The molecule has 70 valence electrons. The maximum Gasteiger partial charge on any atom is -0.0307 e. The van der Waals surface area contributed by atoms with E-state index in [-0.39, 0.29) is 11.0 Å². The average molecular weight is 170 g/mol. The van der Waals surface area contributed by atoms with E-state index in [1.165, 1.54) is 11.1 Å². The Kier molecular flexibility index (Phi) is 7.80. The molecule has 0 heterocycles. The van der Waals surface area contributed by atoms with E-state index in [0.29, 0.717) is 0 Å². The van der Waals surface area contributed by atoms with Gasteiger partial charge in [-0.1, -0.05) is 38.1 Å². The number of rotatable bonds is 2. The van der Waals surface area contributed by atoms with Crippen LogP contribution in [-0.4, -0.2) is 11.0 Å². The fourth-order valence-electron chi connectivity index (χ4n) is 1.07. The van der Waals surface area contributed by atoms with Crippen LogP contribution in [0.3, 0.4) is 0 Å². The van der Waals surface area contributed by atoms with E-state index in [0.717, 1.165) is 12.8 Å². The van der Waals surface area contributed by atoms with Gasteiger partial charge in [-0.15, -0.1) is 0 Å². The van der Waals surface area contributed by atoms with E-state index in [1.807, 2.05) is 0 Å². The molecular weight excluding hydrogens is 152 g/mol. The SMILES string of the molecule is CCc1cccc(CC)c1.O.O. The van der Waals surface area contributed by atoms with Crippen LogP contribution < -0.4 is 0 Å². The molecule has 0 unspecified atom stereocenters. The van der Waals surface area contributed by atoms with Crippen LogP contribution in [0.15, 0.2) is 24.3 Å². The van der Waals surface area contributed by atoms with Gasteiger partial charge in [-0.05, 0) is 24.0 Å². The van der Waals surface area contributed by atoms with Gasteiger partial charge in [-0.3, -0.25) is 0 Å². The van der Waals surface area contributed by atoms with E-state index in [9.17, 15) is 0 Å². The van der Waals surface area contributed by atoms with Crippen molar-refractivity contribution in [2.75, 3.05) is 0 Å². The molecule has 1 aromatic carbocycles. The van der Waals surface area contributed by atoms with Crippen molar-refractivity contribution in [3.8, 4) is 0 Å². The van der Waals surface area contributed by atoms with Gasteiger partial charge in [0, 0.05) is 0 Å². The smallest absolute Gasteiger partial charge is 0.0307 e. The first kappa shape index (κ1) is 13.7. The van der Waals surface area contributed by atoms with Gasteiger partial charge in [0.1, 0.15) is 0 Å². The highest BCUT2D eigenvalue weighted by Crippen LogP contribution is 2.05. The fraction of sp³-hybridized carbons (Fsp3) is 0.400. The first-order valence-corrected chi connectivity index (χ1v) is 3.94. The highest BCUT2D eigenvalue weighted by Gasteiger charge is 1.89. The summed E-state index contributed by atoms with van der Waals surface area (Å²) in [5, 5.41) is 0. The van der Waals surface area contributed by atoms with Crippen LogP contribution in [0.2, 0.25) is 0 Å². The quantitative estimate of drug-likeness (QED) is 0.639. The molecule has 0 aliphatic rings. The van der Waals surface area contributed by atoms with Gasteiger partial charge >= 0.3 is 0 Å². The lowest BCUT2D eigenvalue weighted by Gasteiger charge is -1.98. The molecule has 2 nitrogen and oxygen atoms in total. The van der Waals surface area contributed by atoms with Crippen LogP contribution >= 0.6 is 0 Å². The molecular formula is C10H18O2. The van der Waals surface area contributed by atoms with Crippen molar-refractivity contribution in [1.29, 1.82) is 0 Å². The Morgan fingerprint density at radius 2 is 1.33 bits per heavy atom. The lowest BCUT2D eigenvalue weighted by molar-refractivity contribution is 0.823. The molecule has 0 aliphatic carbocycles. The molecule has 0 saturated heterocycles. The van der Waals surface area contributed by atoms with Gasteiger partial charge in [0.05, 0.1) is 0 Å². The highest BCUT2D eigenvalue weighted by atomic mass is 16.0. The van der Waals surface area contributed by atoms with E-state index in [2.05, 4.69) is 38.1 Å². The topological polar surface area (TPSA) is 63.0 Å². The first-order valence-electron chi connectivity index (χ1n) is 3.94. The molecule has 0 spiro atoms. The van der Waals surface area contributed by atoms with Crippen LogP contribution in [0.1, 0.15) is 25.0 Å². The Morgan fingerprint density at radius 3 is 1.67 bits per heavy atom. The molecule has 0 bridgehead atoms. The number of aryl methyl sites for hydroxylation is 2. The summed E-state index contributed by atoms with van der Waals surface area (Å²) in [5.74, 6) is 0. The molecule has 0 fully saturated rings. The van der Waals surface area contributed by atoms with Crippen molar-refractivity contribution in [3.05, 3.63) is 35.4 Å². The number of benzene rings is 1. The minimum atomic E-state index is 0. The molecule has 1 aromatic rings. The molecule has 0 amide bonds.